The molecule has 76 heavy (non-hydrogen) atoms. The first-order valence-electron chi connectivity index (χ1n) is 28.8. The first-order valence-corrected chi connectivity index (χ1v) is 28.8. The molecule has 8 heterocycles. The molecule has 10 rings (SSSR count). The maximum atomic E-state index is 12.5. The van der Waals surface area contributed by atoms with Crippen molar-refractivity contribution in [3.8, 4) is 0 Å². The predicted molar refractivity (Wildman–Crippen MR) is 297 cm³/mol. The minimum absolute atomic E-state index is 0.0631. The van der Waals surface area contributed by atoms with Gasteiger partial charge in [-0.3, -0.25) is 19.4 Å². The van der Waals surface area contributed by atoms with E-state index in [1.165, 1.54) is 24.0 Å². The molecule has 4 saturated heterocycles. The number of aromatic nitrogens is 2. The summed E-state index contributed by atoms with van der Waals surface area (Å²) in [5.41, 5.74) is 9.05. The van der Waals surface area contributed by atoms with Crippen LogP contribution in [-0.2, 0) is 54.2 Å². The second-order valence-corrected chi connectivity index (χ2v) is 23.8. The lowest BCUT2D eigenvalue weighted by atomic mass is 9.79. The number of carboxylic acid groups (broad SMARTS) is 2. The summed E-state index contributed by atoms with van der Waals surface area (Å²) < 4.78 is 24.7. The van der Waals surface area contributed by atoms with Crippen LogP contribution in [-0.4, -0.2) is 120 Å². The first kappa shape index (κ1) is 55.8. The van der Waals surface area contributed by atoms with E-state index in [1.807, 2.05) is 36.4 Å². The van der Waals surface area contributed by atoms with E-state index in [1.54, 1.807) is 0 Å². The summed E-state index contributed by atoms with van der Waals surface area (Å²) in [7, 11) is 0. The van der Waals surface area contributed by atoms with Crippen molar-refractivity contribution in [1.82, 2.24) is 19.8 Å². The lowest BCUT2D eigenvalue weighted by molar-refractivity contribution is -0.144. The van der Waals surface area contributed by atoms with Crippen molar-refractivity contribution in [2.24, 2.45) is 10.8 Å². The number of nitrogens with one attached hydrogen (secondary N) is 2. The van der Waals surface area contributed by atoms with E-state index < -0.39 is 24.0 Å². The Hall–Kier alpha value is -4.96. The van der Waals surface area contributed by atoms with Crippen LogP contribution >= 0.6 is 0 Å². The molecule has 6 aliphatic heterocycles. The largest absolute Gasteiger partial charge is 0.480 e. The molecule has 0 spiro atoms. The third-order valence-electron chi connectivity index (χ3n) is 16.8. The number of hydrogen-bond acceptors (Lipinski definition) is 12. The van der Waals surface area contributed by atoms with E-state index >= 15 is 0 Å². The lowest BCUT2D eigenvalue weighted by Crippen LogP contribution is -2.35. The molecule has 0 radical (unpaired) electrons. The number of likely N-dealkylation sites (tertiary alicyclic amines) is 2. The van der Waals surface area contributed by atoms with Crippen LogP contribution in [0.4, 0.5) is 11.6 Å². The van der Waals surface area contributed by atoms with Gasteiger partial charge in [0, 0.05) is 77.1 Å². The predicted octanol–water partition coefficient (Wildman–Crippen LogP) is 11.1. The van der Waals surface area contributed by atoms with Crippen LogP contribution < -0.4 is 10.6 Å². The van der Waals surface area contributed by atoms with Gasteiger partial charge in [0.1, 0.15) is 23.7 Å². The molecule has 4 fully saturated rings. The topological polar surface area (TPSA) is 168 Å². The van der Waals surface area contributed by atoms with Crippen molar-refractivity contribution < 1.29 is 38.7 Å². The standard InChI is InChI=1S/2C31H43N3O4/c2*1-31(2)15-19-38-27(20-31)25-10-3-4-11-26(25)28(30(35)36)34-17-14-24(21-34)37-18-6-5-9-23-13-12-22-8-7-16-32-29(22)33-23/h2*3-4,10-13,24,27-28H,5-9,14-21H2,1-2H3,(H,32,33)(H,35,36)/t24-,27+,28+;24-,27-,28+/m11/s1. The van der Waals surface area contributed by atoms with Gasteiger partial charge in [-0.15, -0.1) is 0 Å². The zero-order chi connectivity index (χ0) is 53.1. The molecule has 6 atom stereocenters. The fraction of sp³-hybridized carbons (Fsp3) is 0.613. The van der Waals surface area contributed by atoms with Crippen LogP contribution in [0.2, 0.25) is 0 Å². The molecule has 0 aliphatic carbocycles. The molecule has 2 aromatic carbocycles. The van der Waals surface area contributed by atoms with E-state index in [2.05, 4.69) is 84.5 Å². The number of aliphatic carboxylic acids is 2. The molecule has 0 amide bonds. The Kier molecular flexibility index (Phi) is 19.2. The van der Waals surface area contributed by atoms with Crippen molar-refractivity contribution in [3.63, 3.8) is 0 Å². The average Bonchev–Trinajstić information content (AvgIpc) is 4.09. The summed E-state index contributed by atoms with van der Waals surface area (Å²) in [4.78, 5) is 38.8. The van der Waals surface area contributed by atoms with Gasteiger partial charge >= 0.3 is 11.9 Å². The second kappa shape index (κ2) is 26.1. The summed E-state index contributed by atoms with van der Waals surface area (Å²) in [6, 6.07) is 23.3. The van der Waals surface area contributed by atoms with Gasteiger partial charge in [0.25, 0.3) is 0 Å². The van der Waals surface area contributed by atoms with E-state index in [-0.39, 0.29) is 35.2 Å². The molecule has 6 aliphatic rings. The van der Waals surface area contributed by atoms with Crippen LogP contribution in [0.3, 0.4) is 0 Å². The van der Waals surface area contributed by atoms with Crippen LogP contribution in [0, 0.1) is 10.8 Å². The van der Waals surface area contributed by atoms with E-state index in [0.717, 1.165) is 161 Å². The Bertz CT molecular complexity index is 2380. The van der Waals surface area contributed by atoms with Gasteiger partial charge in [0.15, 0.2) is 0 Å². The fourth-order valence-corrected chi connectivity index (χ4v) is 12.3. The Morgan fingerprint density at radius 1 is 0.632 bits per heavy atom. The molecule has 4 aromatic rings. The Balaban J connectivity index is 0.000000186. The molecule has 0 bridgehead atoms. The highest BCUT2D eigenvalue weighted by Gasteiger charge is 2.40. The van der Waals surface area contributed by atoms with Crippen LogP contribution in [0.25, 0.3) is 0 Å². The number of rotatable bonds is 20. The number of carbonyl (C=O) groups is 2. The van der Waals surface area contributed by atoms with Gasteiger partial charge in [-0.25, -0.2) is 9.97 Å². The van der Waals surface area contributed by atoms with Gasteiger partial charge in [-0.1, -0.05) is 88.4 Å². The zero-order valence-electron chi connectivity index (χ0n) is 45.9. The number of nitrogens with zero attached hydrogens (tertiary/aromatic N) is 4. The van der Waals surface area contributed by atoms with E-state index in [4.69, 9.17) is 28.9 Å². The van der Waals surface area contributed by atoms with Gasteiger partial charge in [0.05, 0.1) is 24.4 Å². The summed E-state index contributed by atoms with van der Waals surface area (Å²) in [6.07, 6.45) is 16.1. The quantitative estimate of drug-likeness (QED) is 0.0617. The van der Waals surface area contributed by atoms with Crippen molar-refractivity contribution in [1.29, 1.82) is 0 Å². The molecule has 14 heteroatoms. The SMILES string of the molecule is CC1(C)CCO[C@@H](c2ccccc2[C@@H](C(=O)O)N2CC[C@@H](OCCCCc3ccc4c(n3)NCCC4)C2)C1.CC1(C)CCO[C@H](c2ccccc2[C@@H](C(=O)O)N2CC[C@@H](OCCCCc3ccc4c(n3)NCCC4)C2)C1. The van der Waals surface area contributed by atoms with Crippen molar-refractivity contribution >= 4 is 23.6 Å². The average molecular weight is 1040 g/mol. The number of aryl methyl sites for hydroxylation is 4. The number of ether oxygens (including phenoxy) is 4. The Labute approximate surface area is 452 Å². The maximum absolute atomic E-state index is 12.5. The summed E-state index contributed by atoms with van der Waals surface area (Å²) in [5, 5.41) is 27.4. The monoisotopic (exact) mass is 1040 g/mol. The molecule has 14 nitrogen and oxygen atoms in total. The third kappa shape index (κ3) is 14.8. The van der Waals surface area contributed by atoms with Gasteiger partial charge in [0.2, 0.25) is 0 Å². The highest BCUT2D eigenvalue weighted by atomic mass is 16.5. The fourth-order valence-electron chi connectivity index (χ4n) is 12.3. The summed E-state index contributed by atoms with van der Waals surface area (Å²) in [6.45, 7) is 16.6. The molecule has 0 saturated carbocycles. The minimum atomic E-state index is -0.805. The minimum Gasteiger partial charge on any atom is -0.480 e. The third-order valence-corrected chi connectivity index (χ3v) is 16.8. The number of benzene rings is 2. The highest BCUT2D eigenvalue weighted by Crippen LogP contribution is 2.44. The normalized spacial score (nSPS) is 23.9. The maximum Gasteiger partial charge on any atom is 0.325 e. The smallest absolute Gasteiger partial charge is 0.325 e. The Morgan fingerprint density at radius 3 is 1.49 bits per heavy atom. The van der Waals surface area contributed by atoms with Crippen LogP contribution in [0.1, 0.15) is 174 Å². The zero-order valence-corrected chi connectivity index (χ0v) is 45.9. The molecular weight excluding hydrogens is 957 g/mol. The number of anilines is 2. The molecular formula is C62H86N6O8. The molecule has 412 valence electrons. The number of hydrogen-bond donors (Lipinski definition) is 4. The molecule has 2 aromatic heterocycles. The summed E-state index contributed by atoms with van der Waals surface area (Å²) in [5.74, 6) is 0.508. The van der Waals surface area contributed by atoms with Crippen LogP contribution in [0.5, 0.6) is 0 Å². The molecule has 4 N–H and O–H groups in total. The van der Waals surface area contributed by atoms with Crippen molar-refractivity contribution in [3.05, 3.63) is 118 Å². The van der Waals surface area contributed by atoms with Crippen LogP contribution in [0.15, 0.2) is 72.8 Å². The Morgan fingerprint density at radius 2 is 1.07 bits per heavy atom. The first-order chi connectivity index (χ1) is 36.8. The number of carboxylic acids is 2. The van der Waals surface area contributed by atoms with Gasteiger partial charge < -0.3 is 39.8 Å². The lowest BCUT2D eigenvalue weighted by Gasteiger charge is -2.37. The summed E-state index contributed by atoms with van der Waals surface area (Å²) >= 11 is 0. The van der Waals surface area contributed by atoms with Crippen molar-refractivity contribution in [2.45, 2.75) is 167 Å². The second-order valence-electron chi connectivity index (χ2n) is 23.8. The number of fused-ring (bicyclic) bond motifs is 2. The number of pyridine rings is 2. The van der Waals surface area contributed by atoms with Gasteiger partial charge in [-0.05, 0) is 159 Å². The highest BCUT2D eigenvalue weighted by molar-refractivity contribution is 5.77. The van der Waals surface area contributed by atoms with E-state index in [9.17, 15) is 19.8 Å². The van der Waals surface area contributed by atoms with Gasteiger partial charge in [-0.2, -0.15) is 0 Å². The van der Waals surface area contributed by atoms with Crippen molar-refractivity contribution in [2.75, 3.05) is 76.3 Å². The van der Waals surface area contributed by atoms with E-state index in [0.29, 0.717) is 39.5 Å². The number of unbranched alkanes of at least 4 members (excludes halogenated alkanes) is 2. The molecule has 0 unspecified atom stereocenters.